The molecule has 0 unspecified atom stereocenters. The van der Waals surface area contributed by atoms with Crippen LogP contribution in [-0.4, -0.2) is 28.5 Å². The lowest BCUT2D eigenvalue weighted by molar-refractivity contribution is 0.629. The van der Waals surface area contributed by atoms with Crippen LogP contribution in [0.2, 0.25) is 5.28 Å². The van der Waals surface area contributed by atoms with Crippen molar-refractivity contribution in [1.29, 1.82) is 0 Å². The molecule has 1 aromatic rings. The number of hydrogen-bond acceptors (Lipinski definition) is 5. The molecule has 0 aliphatic heterocycles. The van der Waals surface area contributed by atoms with Crippen LogP contribution in [0.3, 0.4) is 0 Å². The Bertz CT molecular complexity index is 294. The van der Waals surface area contributed by atoms with Crippen molar-refractivity contribution in [2.45, 2.75) is 13.8 Å². The minimum Gasteiger partial charge on any atom is -0.368 e. The van der Waals surface area contributed by atoms with Crippen LogP contribution in [0.15, 0.2) is 0 Å². The van der Waals surface area contributed by atoms with Gasteiger partial charge in [-0.25, -0.2) is 0 Å². The largest absolute Gasteiger partial charge is 0.368 e. The first-order valence-electron chi connectivity index (χ1n) is 4.37. The lowest BCUT2D eigenvalue weighted by Gasteiger charge is -2.18. The Balaban J connectivity index is 2.84. The maximum atomic E-state index is 5.66. The third-order valence-corrected chi connectivity index (χ3v) is 1.76. The Morgan fingerprint density at radius 2 is 2.00 bits per heavy atom. The Labute approximate surface area is 88.3 Å². The number of anilines is 2. The van der Waals surface area contributed by atoms with Crippen LogP contribution >= 0.6 is 11.6 Å². The summed E-state index contributed by atoms with van der Waals surface area (Å²) in [4.78, 5) is 13.5. The number of rotatable bonds is 3. The first-order valence-corrected chi connectivity index (χ1v) is 4.75. The van der Waals surface area contributed by atoms with Gasteiger partial charge in [-0.1, -0.05) is 13.8 Å². The third-order valence-electron chi connectivity index (χ3n) is 1.59. The number of nitrogens with zero attached hydrogens (tertiary/aromatic N) is 4. The first kappa shape index (κ1) is 11.0. The van der Waals surface area contributed by atoms with E-state index in [1.54, 1.807) is 0 Å². The number of nitrogen functional groups attached to an aromatic ring is 1. The predicted molar refractivity (Wildman–Crippen MR) is 57.4 cm³/mol. The molecule has 2 N–H and O–H groups in total. The van der Waals surface area contributed by atoms with Crippen LogP contribution < -0.4 is 10.6 Å². The smallest absolute Gasteiger partial charge is 0.231 e. The molecule has 0 atom stereocenters. The molecule has 0 bridgehead atoms. The van der Waals surface area contributed by atoms with E-state index in [0.717, 1.165) is 6.54 Å². The highest BCUT2D eigenvalue weighted by atomic mass is 35.5. The van der Waals surface area contributed by atoms with Gasteiger partial charge in [0.25, 0.3) is 0 Å². The van der Waals surface area contributed by atoms with Crippen molar-refractivity contribution < 1.29 is 0 Å². The number of nitrogens with two attached hydrogens (primary N) is 1. The molecular formula is C8H14ClN5. The molecule has 6 heteroatoms. The maximum absolute atomic E-state index is 5.66. The van der Waals surface area contributed by atoms with E-state index in [4.69, 9.17) is 17.3 Å². The Morgan fingerprint density at radius 3 is 2.50 bits per heavy atom. The highest BCUT2D eigenvalue weighted by Crippen LogP contribution is 2.11. The lowest BCUT2D eigenvalue weighted by Crippen LogP contribution is -2.25. The minimum absolute atomic E-state index is 0.128. The standard InChI is InChI=1S/C8H14ClN5/c1-5(2)4-14(3)8-12-6(9)11-7(10)13-8/h5H,4H2,1-3H3,(H2,10,11,12,13). The molecule has 0 aliphatic rings. The molecule has 78 valence electrons. The van der Waals surface area contributed by atoms with Gasteiger partial charge in [0.05, 0.1) is 0 Å². The fourth-order valence-electron chi connectivity index (χ4n) is 1.15. The summed E-state index contributed by atoms with van der Waals surface area (Å²) in [5.41, 5.74) is 5.45. The molecule has 0 aromatic carbocycles. The maximum Gasteiger partial charge on any atom is 0.231 e. The molecule has 0 saturated heterocycles. The molecular weight excluding hydrogens is 202 g/mol. The fourth-order valence-corrected chi connectivity index (χ4v) is 1.32. The van der Waals surface area contributed by atoms with Gasteiger partial charge < -0.3 is 10.6 Å². The van der Waals surface area contributed by atoms with E-state index in [-0.39, 0.29) is 11.2 Å². The van der Waals surface area contributed by atoms with Crippen LogP contribution in [0.1, 0.15) is 13.8 Å². The summed E-state index contributed by atoms with van der Waals surface area (Å²) < 4.78 is 0. The molecule has 0 aliphatic carbocycles. The highest BCUT2D eigenvalue weighted by Gasteiger charge is 2.08. The van der Waals surface area contributed by atoms with Gasteiger partial charge >= 0.3 is 0 Å². The second kappa shape index (κ2) is 4.41. The van der Waals surface area contributed by atoms with E-state index in [2.05, 4.69) is 28.8 Å². The van der Waals surface area contributed by atoms with Crippen molar-refractivity contribution in [1.82, 2.24) is 15.0 Å². The van der Waals surface area contributed by atoms with Crippen molar-refractivity contribution in [2.24, 2.45) is 5.92 Å². The molecule has 0 saturated carbocycles. The third kappa shape index (κ3) is 2.99. The Kier molecular flexibility index (Phi) is 3.46. The van der Waals surface area contributed by atoms with E-state index in [0.29, 0.717) is 11.9 Å². The average Bonchev–Trinajstić information content (AvgIpc) is 2.00. The van der Waals surface area contributed by atoms with Crippen molar-refractivity contribution in [3.05, 3.63) is 5.28 Å². The van der Waals surface area contributed by atoms with E-state index in [1.807, 2.05) is 11.9 Å². The van der Waals surface area contributed by atoms with Gasteiger partial charge in [-0.15, -0.1) is 0 Å². The summed E-state index contributed by atoms with van der Waals surface area (Å²) in [5.74, 6) is 1.18. The Hall–Kier alpha value is -1.10. The minimum atomic E-state index is 0.128. The summed E-state index contributed by atoms with van der Waals surface area (Å²) in [6, 6.07) is 0. The first-order chi connectivity index (χ1) is 6.49. The Morgan fingerprint density at radius 1 is 1.36 bits per heavy atom. The molecule has 14 heavy (non-hydrogen) atoms. The summed E-state index contributed by atoms with van der Waals surface area (Å²) in [7, 11) is 1.89. The molecule has 1 rings (SSSR count). The van der Waals surface area contributed by atoms with Crippen molar-refractivity contribution in [3.8, 4) is 0 Å². The van der Waals surface area contributed by atoms with Crippen LogP contribution in [0.4, 0.5) is 11.9 Å². The normalized spacial score (nSPS) is 10.6. The zero-order chi connectivity index (χ0) is 10.7. The predicted octanol–water partition coefficient (Wildman–Crippen LogP) is 1.20. The zero-order valence-electron chi connectivity index (χ0n) is 8.53. The topological polar surface area (TPSA) is 67.9 Å². The quantitative estimate of drug-likeness (QED) is 0.821. The molecule has 0 amide bonds. The fraction of sp³-hybridized carbons (Fsp3) is 0.625. The number of aromatic nitrogens is 3. The van der Waals surface area contributed by atoms with Gasteiger partial charge in [-0.05, 0) is 17.5 Å². The molecule has 1 heterocycles. The summed E-state index contributed by atoms with van der Waals surface area (Å²) in [6.07, 6.45) is 0. The van der Waals surface area contributed by atoms with Crippen LogP contribution in [-0.2, 0) is 0 Å². The SMILES string of the molecule is CC(C)CN(C)c1nc(N)nc(Cl)n1. The molecule has 0 fully saturated rings. The summed E-state index contributed by atoms with van der Waals surface area (Å²) >= 11 is 5.66. The van der Waals surface area contributed by atoms with E-state index < -0.39 is 0 Å². The number of halogens is 1. The van der Waals surface area contributed by atoms with E-state index in [1.165, 1.54) is 0 Å². The van der Waals surface area contributed by atoms with Crippen molar-refractivity contribution in [2.75, 3.05) is 24.2 Å². The van der Waals surface area contributed by atoms with Crippen LogP contribution in [0, 0.1) is 5.92 Å². The molecule has 1 aromatic heterocycles. The molecule has 0 radical (unpaired) electrons. The van der Waals surface area contributed by atoms with Gasteiger partial charge in [-0.3, -0.25) is 0 Å². The van der Waals surface area contributed by atoms with Gasteiger partial charge in [-0.2, -0.15) is 15.0 Å². The average molecular weight is 216 g/mol. The second-order valence-corrected chi connectivity index (χ2v) is 3.88. The second-order valence-electron chi connectivity index (χ2n) is 3.54. The van der Waals surface area contributed by atoms with Crippen LogP contribution in [0.25, 0.3) is 0 Å². The molecule has 0 spiro atoms. The van der Waals surface area contributed by atoms with Crippen molar-refractivity contribution >= 4 is 23.5 Å². The number of hydrogen-bond donors (Lipinski definition) is 1. The highest BCUT2D eigenvalue weighted by molar-refractivity contribution is 6.28. The lowest BCUT2D eigenvalue weighted by atomic mass is 10.2. The van der Waals surface area contributed by atoms with Gasteiger partial charge in [0, 0.05) is 13.6 Å². The monoisotopic (exact) mass is 215 g/mol. The summed E-state index contributed by atoms with van der Waals surface area (Å²) in [5, 5.41) is 0.128. The van der Waals surface area contributed by atoms with Crippen LogP contribution in [0.5, 0.6) is 0 Å². The van der Waals surface area contributed by atoms with Crippen molar-refractivity contribution in [3.63, 3.8) is 0 Å². The van der Waals surface area contributed by atoms with E-state index in [9.17, 15) is 0 Å². The van der Waals surface area contributed by atoms with Gasteiger partial charge in [0.1, 0.15) is 0 Å². The van der Waals surface area contributed by atoms with Gasteiger partial charge in [0.2, 0.25) is 17.2 Å². The van der Waals surface area contributed by atoms with E-state index >= 15 is 0 Å². The zero-order valence-corrected chi connectivity index (χ0v) is 9.28. The summed E-state index contributed by atoms with van der Waals surface area (Å²) in [6.45, 7) is 5.07. The van der Waals surface area contributed by atoms with Gasteiger partial charge in [0.15, 0.2) is 0 Å². The molecule has 5 nitrogen and oxygen atoms in total.